The lowest BCUT2D eigenvalue weighted by molar-refractivity contribution is -0.137. The van der Waals surface area contributed by atoms with E-state index in [0.29, 0.717) is 4.80 Å². The first-order valence-corrected chi connectivity index (χ1v) is 6.06. The van der Waals surface area contributed by atoms with Crippen LogP contribution in [0.4, 0.5) is 19.0 Å². The number of rotatable bonds is 5. The van der Waals surface area contributed by atoms with Crippen LogP contribution in [0.1, 0.15) is 16.1 Å². The fourth-order valence-electron chi connectivity index (χ4n) is 1.74. The van der Waals surface area contributed by atoms with Gasteiger partial charge in [0.2, 0.25) is 5.69 Å². The summed E-state index contributed by atoms with van der Waals surface area (Å²) in [6.07, 6.45) is -4.63. The van der Waals surface area contributed by atoms with Gasteiger partial charge in [-0.1, -0.05) is 12.1 Å². The fourth-order valence-corrected chi connectivity index (χ4v) is 1.74. The molecule has 0 atom stereocenters. The lowest BCUT2D eigenvalue weighted by atomic mass is 10.2. The summed E-state index contributed by atoms with van der Waals surface area (Å²) in [5.74, 6) is -1.67. The van der Waals surface area contributed by atoms with Crippen molar-refractivity contribution >= 4 is 11.8 Å². The average molecular weight is 316 g/mol. The summed E-state index contributed by atoms with van der Waals surface area (Å²) in [6, 6.07) is 4.54. The Kier molecular flexibility index (Phi) is 4.31. The number of carboxylic acids is 1. The molecule has 0 fully saturated rings. The van der Waals surface area contributed by atoms with Crippen molar-refractivity contribution in [3.63, 3.8) is 0 Å². The van der Waals surface area contributed by atoms with Crippen LogP contribution >= 0.6 is 0 Å². The van der Waals surface area contributed by atoms with E-state index < -0.39 is 29.1 Å². The van der Waals surface area contributed by atoms with E-state index in [1.165, 1.54) is 12.1 Å². The first-order valence-electron chi connectivity index (χ1n) is 6.06. The summed E-state index contributed by atoms with van der Waals surface area (Å²) < 4.78 is 38.9. The first-order chi connectivity index (χ1) is 10.3. The molecule has 0 unspecified atom stereocenters. The SMILES string of the molecule is O=C(O)c1nn(-c2ccccc2C(F)(F)F)nc1NCCO. The molecule has 22 heavy (non-hydrogen) atoms. The third-order valence-corrected chi connectivity index (χ3v) is 2.65. The van der Waals surface area contributed by atoms with E-state index in [0.717, 1.165) is 12.1 Å². The zero-order valence-electron chi connectivity index (χ0n) is 11.0. The molecule has 0 spiro atoms. The standard InChI is InChI=1S/C12H11F3N4O3/c13-12(14,15)7-3-1-2-4-8(7)19-17-9(11(21)22)10(18-19)16-5-6-20/h1-4,20H,5-6H2,(H,16,18)(H,21,22). The number of para-hydroxylation sites is 1. The number of aromatic carboxylic acids is 1. The highest BCUT2D eigenvalue weighted by molar-refractivity contribution is 5.90. The van der Waals surface area contributed by atoms with Crippen LogP contribution < -0.4 is 5.32 Å². The Labute approximate surface area is 122 Å². The molecule has 2 rings (SSSR count). The Balaban J connectivity index is 2.52. The first kappa shape index (κ1) is 15.8. The Morgan fingerprint density at radius 1 is 1.27 bits per heavy atom. The molecule has 1 aromatic heterocycles. The topological polar surface area (TPSA) is 100 Å². The van der Waals surface area contributed by atoms with Crippen molar-refractivity contribution in [1.29, 1.82) is 0 Å². The van der Waals surface area contributed by atoms with Crippen LogP contribution in [0.25, 0.3) is 5.69 Å². The number of hydrogen-bond acceptors (Lipinski definition) is 5. The second-order valence-electron chi connectivity index (χ2n) is 4.16. The molecule has 118 valence electrons. The maximum Gasteiger partial charge on any atom is 0.418 e. The molecule has 7 nitrogen and oxygen atoms in total. The summed E-state index contributed by atoms with van der Waals surface area (Å²) in [7, 11) is 0. The molecule has 3 N–H and O–H groups in total. The quantitative estimate of drug-likeness (QED) is 0.771. The van der Waals surface area contributed by atoms with E-state index in [4.69, 9.17) is 10.2 Å². The largest absolute Gasteiger partial charge is 0.476 e. The van der Waals surface area contributed by atoms with Gasteiger partial charge in [-0.3, -0.25) is 0 Å². The van der Waals surface area contributed by atoms with Gasteiger partial charge in [0.1, 0.15) is 0 Å². The Bertz CT molecular complexity index is 684. The second kappa shape index (κ2) is 6.02. The average Bonchev–Trinajstić information content (AvgIpc) is 2.88. The van der Waals surface area contributed by atoms with Crippen molar-refractivity contribution in [3.05, 3.63) is 35.5 Å². The number of aliphatic hydroxyl groups excluding tert-OH is 1. The number of benzene rings is 1. The van der Waals surface area contributed by atoms with E-state index in [1.54, 1.807) is 0 Å². The zero-order valence-corrected chi connectivity index (χ0v) is 11.0. The number of hydrogen-bond donors (Lipinski definition) is 3. The number of alkyl halides is 3. The Morgan fingerprint density at radius 2 is 1.95 bits per heavy atom. The molecule has 0 saturated carbocycles. The summed E-state index contributed by atoms with van der Waals surface area (Å²) in [5, 5.41) is 27.5. The molecule has 1 aromatic carbocycles. The fraction of sp³-hybridized carbons (Fsp3) is 0.250. The number of carboxylic acid groups (broad SMARTS) is 1. The molecule has 10 heteroatoms. The number of aliphatic hydroxyl groups is 1. The summed E-state index contributed by atoms with van der Waals surface area (Å²) >= 11 is 0. The van der Waals surface area contributed by atoms with E-state index in [9.17, 15) is 18.0 Å². The van der Waals surface area contributed by atoms with Gasteiger partial charge in [0, 0.05) is 6.54 Å². The zero-order chi connectivity index (χ0) is 16.3. The molecule has 0 aliphatic carbocycles. The van der Waals surface area contributed by atoms with Gasteiger partial charge in [0.15, 0.2) is 5.82 Å². The molecule has 0 aliphatic rings. The molecular formula is C12H11F3N4O3. The number of nitrogens with one attached hydrogen (secondary N) is 1. The van der Waals surface area contributed by atoms with E-state index in [2.05, 4.69) is 15.5 Å². The van der Waals surface area contributed by atoms with Gasteiger partial charge in [-0.25, -0.2) is 4.79 Å². The molecular weight excluding hydrogens is 305 g/mol. The number of nitrogens with zero attached hydrogens (tertiary/aromatic N) is 3. The van der Waals surface area contributed by atoms with E-state index >= 15 is 0 Å². The van der Waals surface area contributed by atoms with Crippen molar-refractivity contribution in [2.45, 2.75) is 6.18 Å². The number of aromatic nitrogens is 3. The van der Waals surface area contributed by atoms with Gasteiger partial charge in [-0.05, 0) is 12.1 Å². The van der Waals surface area contributed by atoms with Crippen LogP contribution in [-0.4, -0.2) is 44.3 Å². The van der Waals surface area contributed by atoms with Gasteiger partial charge in [0.25, 0.3) is 0 Å². The normalized spacial score (nSPS) is 11.5. The van der Waals surface area contributed by atoms with Crippen LogP contribution in [0.15, 0.2) is 24.3 Å². The van der Waals surface area contributed by atoms with E-state index in [-0.39, 0.29) is 19.0 Å². The Morgan fingerprint density at radius 3 is 2.55 bits per heavy atom. The van der Waals surface area contributed by atoms with Crippen molar-refractivity contribution in [3.8, 4) is 5.69 Å². The number of anilines is 1. The summed E-state index contributed by atoms with van der Waals surface area (Å²) in [4.78, 5) is 11.7. The van der Waals surface area contributed by atoms with Gasteiger partial charge in [-0.15, -0.1) is 15.0 Å². The van der Waals surface area contributed by atoms with Gasteiger partial charge < -0.3 is 15.5 Å². The highest BCUT2D eigenvalue weighted by Crippen LogP contribution is 2.33. The van der Waals surface area contributed by atoms with Gasteiger partial charge >= 0.3 is 12.1 Å². The van der Waals surface area contributed by atoms with Crippen LogP contribution in [0, 0.1) is 0 Å². The van der Waals surface area contributed by atoms with Crippen LogP contribution in [0.2, 0.25) is 0 Å². The highest BCUT2D eigenvalue weighted by atomic mass is 19.4. The van der Waals surface area contributed by atoms with E-state index in [1.807, 2.05) is 0 Å². The number of carbonyl (C=O) groups is 1. The summed E-state index contributed by atoms with van der Waals surface area (Å²) in [5.41, 5.74) is -1.92. The maximum absolute atomic E-state index is 13.0. The minimum atomic E-state index is -4.63. The molecule has 2 aromatic rings. The molecule has 0 radical (unpaired) electrons. The minimum Gasteiger partial charge on any atom is -0.476 e. The van der Waals surface area contributed by atoms with Crippen molar-refractivity contribution in [1.82, 2.24) is 15.0 Å². The molecule has 0 saturated heterocycles. The predicted octanol–water partition coefficient (Wildman–Crippen LogP) is 1.39. The van der Waals surface area contributed by atoms with Gasteiger partial charge in [-0.2, -0.15) is 13.2 Å². The molecule has 0 amide bonds. The molecule has 0 bridgehead atoms. The van der Waals surface area contributed by atoms with Crippen LogP contribution in [-0.2, 0) is 6.18 Å². The lowest BCUT2D eigenvalue weighted by Gasteiger charge is -2.11. The minimum absolute atomic E-state index is 0.0140. The highest BCUT2D eigenvalue weighted by Gasteiger charge is 2.34. The van der Waals surface area contributed by atoms with Crippen molar-refractivity contribution < 1.29 is 28.2 Å². The predicted molar refractivity (Wildman–Crippen MR) is 68.9 cm³/mol. The van der Waals surface area contributed by atoms with Crippen molar-refractivity contribution in [2.75, 3.05) is 18.5 Å². The Hall–Kier alpha value is -2.62. The smallest absolute Gasteiger partial charge is 0.418 e. The molecule has 0 aliphatic heterocycles. The molecule has 1 heterocycles. The van der Waals surface area contributed by atoms with Crippen LogP contribution in [0.3, 0.4) is 0 Å². The third kappa shape index (κ3) is 3.17. The van der Waals surface area contributed by atoms with Gasteiger partial charge in [0.05, 0.1) is 17.9 Å². The maximum atomic E-state index is 13.0. The lowest BCUT2D eigenvalue weighted by Crippen LogP contribution is -2.12. The third-order valence-electron chi connectivity index (χ3n) is 2.65. The number of halogens is 3. The monoisotopic (exact) mass is 316 g/mol. The second-order valence-corrected chi connectivity index (χ2v) is 4.16. The van der Waals surface area contributed by atoms with Crippen LogP contribution in [0.5, 0.6) is 0 Å². The van der Waals surface area contributed by atoms with Crippen molar-refractivity contribution in [2.24, 2.45) is 0 Å². The summed E-state index contributed by atoms with van der Waals surface area (Å²) in [6.45, 7) is -0.315.